The van der Waals surface area contributed by atoms with Crippen LogP contribution in [-0.4, -0.2) is 44.7 Å². The van der Waals surface area contributed by atoms with Gasteiger partial charge in [0.1, 0.15) is 0 Å². The molecule has 1 aromatic rings. The fraction of sp³-hybridized carbons (Fsp3) is 0.647. The summed E-state index contributed by atoms with van der Waals surface area (Å²) in [6, 6.07) is 6.34. The van der Waals surface area contributed by atoms with E-state index in [1.807, 2.05) is 12.1 Å². The Morgan fingerprint density at radius 1 is 1.19 bits per heavy atom. The Hall–Kier alpha value is -0.770. The lowest BCUT2D eigenvalue weighted by Crippen LogP contribution is -2.29. The molecule has 1 unspecified atom stereocenters. The molecule has 0 radical (unpaired) electrons. The minimum atomic E-state index is 0.170. The van der Waals surface area contributed by atoms with Gasteiger partial charge in [0.05, 0.1) is 0 Å². The van der Waals surface area contributed by atoms with E-state index >= 15 is 0 Å². The van der Waals surface area contributed by atoms with Crippen molar-refractivity contribution in [3.8, 4) is 0 Å². The van der Waals surface area contributed by atoms with Crippen molar-refractivity contribution in [3.63, 3.8) is 0 Å². The van der Waals surface area contributed by atoms with E-state index < -0.39 is 0 Å². The van der Waals surface area contributed by atoms with Crippen molar-refractivity contribution in [1.29, 1.82) is 0 Å². The Bertz CT molecular complexity index is 420. The van der Waals surface area contributed by atoms with Crippen LogP contribution in [0, 0.1) is 0 Å². The minimum Gasteiger partial charge on any atom is -0.371 e. The highest BCUT2D eigenvalue weighted by molar-refractivity contribution is 6.31. The Morgan fingerprint density at radius 2 is 1.90 bits per heavy atom. The molecule has 0 saturated heterocycles. The smallest absolute Gasteiger partial charge is 0.0459 e. The molecule has 0 aliphatic rings. The third kappa shape index (κ3) is 5.85. The van der Waals surface area contributed by atoms with E-state index in [1.165, 1.54) is 11.3 Å². The van der Waals surface area contributed by atoms with Gasteiger partial charge in [-0.1, -0.05) is 24.6 Å². The lowest BCUT2D eigenvalue weighted by atomic mass is 10.0. The van der Waals surface area contributed by atoms with Crippen LogP contribution >= 0.6 is 11.6 Å². The number of anilines is 1. The molecule has 0 bridgehead atoms. The second kappa shape index (κ2) is 9.29. The Kier molecular flexibility index (Phi) is 8.09. The molecular formula is C17H30ClN3. The van der Waals surface area contributed by atoms with E-state index in [4.69, 9.17) is 17.3 Å². The molecule has 0 aromatic heterocycles. The summed E-state index contributed by atoms with van der Waals surface area (Å²) in [6.45, 7) is 7.45. The van der Waals surface area contributed by atoms with E-state index in [1.54, 1.807) is 0 Å². The van der Waals surface area contributed by atoms with Gasteiger partial charge in [0, 0.05) is 29.8 Å². The average Bonchev–Trinajstić information content (AvgIpc) is 2.45. The van der Waals surface area contributed by atoms with Crippen LogP contribution in [0.2, 0.25) is 5.02 Å². The molecule has 0 saturated carbocycles. The molecule has 0 fully saturated rings. The molecule has 0 aliphatic heterocycles. The van der Waals surface area contributed by atoms with E-state index in [-0.39, 0.29) is 6.04 Å². The van der Waals surface area contributed by atoms with Gasteiger partial charge in [-0.05, 0) is 64.5 Å². The molecule has 1 rings (SSSR count). The number of nitrogens with two attached hydrogens (primary N) is 1. The topological polar surface area (TPSA) is 32.5 Å². The fourth-order valence-electron chi connectivity index (χ4n) is 2.48. The maximum atomic E-state index is 6.43. The van der Waals surface area contributed by atoms with Gasteiger partial charge in [0.2, 0.25) is 0 Å². The number of nitrogens with zero attached hydrogens (tertiary/aromatic N) is 2. The second-order valence-corrected chi connectivity index (χ2v) is 6.25. The number of hydrogen-bond donors (Lipinski definition) is 1. The molecular weight excluding hydrogens is 282 g/mol. The van der Waals surface area contributed by atoms with Gasteiger partial charge in [-0.25, -0.2) is 0 Å². The van der Waals surface area contributed by atoms with Crippen LogP contribution in [0.3, 0.4) is 0 Å². The highest BCUT2D eigenvalue weighted by Crippen LogP contribution is 2.29. The van der Waals surface area contributed by atoms with Crippen LogP contribution in [0.25, 0.3) is 0 Å². The maximum Gasteiger partial charge on any atom is 0.0459 e. The Labute approximate surface area is 135 Å². The SMILES string of the molecule is CCC(N)Cc1c(Cl)cccc1N(CC)CCCN(C)C. The maximum absolute atomic E-state index is 6.43. The van der Waals surface area contributed by atoms with E-state index in [2.05, 4.69) is 43.8 Å². The van der Waals surface area contributed by atoms with Crippen LogP contribution < -0.4 is 10.6 Å². The Morgan fingerprint density at radius 3 is 2.48 bits per heavy atom. The summed E-state index contributed by atoms with van der Waals surface area (Å²) < 4.78 is 0. The van der Waals surface area contributed by atoms with Gasteiger partial charge in [-0.15, -0.1) is 0 Å². The van der Waals surface area contributed by atoms with Gasteiger partial charge in [0.15, 0.2) is 0 Å². The van der Waals surface area contributed by atoms with Crippen molar-refractivity contribution >= 4 is 17.3 Å². The van der Waals surface area contributed by atoms with Crippen molar-refractivity contribution in [2.24, 2.45) is 5.73 Å². The summed E-state index contributed by atoms with van der Waals surface area (Å²) in [5.74, 6) is 0. The van der Waals surface area contributed by atoms with Crippen LogP contribution in [0.1, 0.15) is 32.3 Å². The number of halogens is 1. The highest BCUT2D eigenvalue weighted by atomic mass is 35.5. The first-order valence-corrected chi connectivity index (χ1v) is 8.30. The molecule has 0 aliphatic carbocycles. The van der Waals surface area contributed by atoms with Gasteiger partial charge < -0.3 is 15.5 Å². The third-order valence-electron chi connectivity index (χ3n) is 3.84. The summed E-state index contributed by atoms with van der Waals surface area (Å²) in [4.78, 5) is 4.63. The lowest BCUT2D eigenvalue weighted by molar-refractivity contribution is 0.400. The first-order chi connectivity index (χ1) is 9.99. The van der Waals surface area contributed by atoms with Gasteiger partial charge in [0.25, 0.3) is 0 Å². The van der Waals surface area contributed by atoms with Gasteiger partial charge in [-0.3, -0.25) is 0 Å². The third-order valence-corrected chi connectivity index (χ3v) is 4.19. The minimum absolute atomic E-state index is 0.170. The molecule has 120 valence electrons. The van der Waals surface area contributed by atoms with E-state index in [0.29, 0.717) is 0 Å². The summed E-state index contributed by atoms with van der Waals surface area (Å²) in [5, 5.41) is 0.836. The summed E-state index contributed by atoms with van der Waals surface area (Å²) >= 11 is 6.43. The molecule has 0 heterocycles. The zero-order valence-electron chi connectivity index (χ0n) is 13.9. The van der Waals surface area contributed by atoms with Crippen molar-refractivity contribution in [2.45, 2.75) is 39.2 Å². The summed E-state index contributed by atoms with van der Waals surface area (Å²) in [7, 11) is 4.22. The monoisotopic (exact) mass is 311 g/mol. The second-order valence-electron chi connectivity index (χ2n) is 5.85. The van der Waals surface area contributed by atoms with Crippen LogP contribution in [-0.2, 0) is 6.42 Å². The zero-order valence-corrected chi connectivity index (χ0v) is 14.7. The van der Waals surface area contributed by atoms with Crippen LogP contribution in [0.4, 0.5) is 5.69 Å². The van der Waals surface area contributed by atoms with Crippen molar-refractivity contribution < 1.29 is 0 Å². The van der Waals surface area contributed by atoms with Gasteiger partial charge in [-0.2, -0.15) is 0 Å². The molecule has 2 N–H and O–H groups in total. The molecule has 4 heteroatoms. The number of rotatable bonds is 9. The average molecular weight is 312 g/mol. The standard InChI is InChI=1S/C17H30ClN3/c1-5-14(19)13-15-16(18)9-7-10-17(15)21(6-2)12-8-11-20(3)4/h7,9-10,14H,5-6,8,11-13,19H2,1-4H3. The van der Waals surface area contributed by atoms with Crippen LogP contribution in [0.15, 0.2) is 18.2 Å². The Balaban J connectivity index is 2.89. The van der Waals surface area contributed by atoms with Crippen molar-refractivity contribution in [3.05, 3.63) is 28.8 Å². The number of hydrogen-bond acceptors (Lipinski definition) is 3. The molecule has 1 atom stereocenters. The highest BCUT2D eigenvalue weighted by Gasteiger charge is 2.14. The summed E-state index contributed by atoms with van der Waals surface area (Å²) in [6.07, 6.45) is 2.96. The van der Waals surface area contributed by atoms with Crippen LogP contribution in [0.5, 0.6) is 0 Å². The van der Waals surface area contributed by atoms with Crippen molar-refractivity contribution in [2.75, 3.05) is 38.6 Å². The fourth-order valence-corrected chi connectivity index (χ4v) is 2.73. The lowest BCUT2D eigenvalue weighted by Gasteiger charge is -2.27. The molecule has 0 spiro atoms. The molecule has 1 aromatic carbocycles. The molecule has 21 heavy (non-hydrogen) atoms. The molecule has 3 nitrogen and oxygen atoms in total. The van der Waals surface area contributed by atoms with Crippen molar-refractivity contribution in [1.82, 2.24) is 4.90 Å². The first kappa shape index (κ1) is 18.3. The van der Waals surface area contributed by atoms with E-state index in [0.717, 1.165) is 43.9 Å². The first-order valence-electron chi connectivity index (χ1n) is 7.92. The summed E-state index contributed by atoms with van der Waals surface area (Å²) in [5.41, 5.74) is 8.58. The zero-order chi connectivity index (χ0) is 15.8. The normalized spacial score (nSPS) is 12.7. The predicted molar refractivity (Wildman–Crippen MR) is 94.5 cm³/mol. The number of benzene rings is 1. The predicted octanol–water partition coefficient (Wildman–Crippen LogP) is 3.40. The molecule has 0 amide bonds. The van der Waals surface area contributed by atoms with E-state index in [9.17, 15) is 0 Å². The quantitative estimate of drug-likeness (QED) is 0.758. The van der Waals surface area contributed by atoms with Gasteiger partial charge >= 0.3 is 0 Å². The largest absolute Gasteiger partial charge is 0.371 e.